The predicted molar refractivity (Wildman–Crippen MR) is 72.6 cm³/mol. The van der Waals surface area contributed by atoms with Gasteiger partial charge < -0.3 is 0 Å². The van der Waals surface area contributed by atoms with Gasteiger partial charge in [0.05, 0.1) is 10.7 Å². The molecule has 1 aromatic rings. The summed E-state index contributed by atoms with van der Waals surface area (Å²) in [4.78, 5) is 9.06. The first-order chi connectivity index (χ1) is 8.04. The van der Waals surface area contributed by atoms with Crippen molar-refractivity contribution in [3.8, 4) is 0 Å². The molecule has 2 aliphatic rings. The highest BCUT2D eigenvalue weighted by Crippen LogP contribution is 2.35. The van der Waals surface area contributed by atoms with Gasteiger partial charge in [0.15, 0.2) is 0 Å². The fourth-order valence-corrected chi connectivity index (χ4v) is 3.79. The lowest BCUT2D eigenvalue weighted by Crippen LogP contribution is -2.42. The Labute approximate surface area is 108 Å². The van der Waals surface area contributed by atoms with Crippen LogP contribution in [-0.2, 0) is 18.4 Å². The molecule has 1 fully saturated rings. The smallest absolute Gasteiger partial charge is 0.0985 e. The number of hydrogen-bond donors (Lipinski definition) is 0. The molecule has 0 aromatic carbocycles. The zero-order valence-electron chi connectivity index (χ0n) is 11.1. The average Bonchev–Trinajstić information content (AvgIpc) is 2.57. The van der Waals surface area contributed by atoms with Crippen LogP contribution in [0.25, 0.3) is 0 Å². The Morgan fingerprint density at radius 3 is 2.65 bits per heavy atom. The molecule has 17 heavy (non-hydrogen) atoms. The van der Waals surface area contributed by atoms with E-state index >= 15 is 0 Å². The standard InChI is InChI=1S/C14H22N2S/c1-14(2,3)13-15-11-7-8-16(9-12(11)17-13)10-5-4-6-10/h10H,4-9H2,1-3H3. The van der Waals surface area contributed by atoms with Crippen LogP contribution in [0, 0.1) is 0 Å². The Morgan fingerprint density at radius 2 is 2.06 bits per heavy atom. The molecule has 1 aromatic heterocycles. The molecule has 2 heterocycles. The number of nitrogens with zero attached hydrogens (tertiary/aromatic N) is 2. The second kappa shape index (κ2) is 4.06. The van der Waals surface area contributed by atoms with Crippen molar-refractivity contribution in [2.24, 2.45) is 0 Å². The van der Waals surface area contributed by atoms with E-state index in [1.165, 1.54) is 47.8 Å². The minimum absolute atomic E-state index is 0.212. The molecule has 0 radical (unpaired) electrons. The van der Waals surface area contributed by atoms with Gasteiger partial charge in [-0.15, -0.1) is 11.3 Å². The molecule has 0 atom stereocenters. The summed E-state index contributed by atoms with van der Waals surface area (Å²) in [5, 5.41) is 1.32. The van der Waals surface area contributed by atoms with E-state index in [0.717, 1.165) is 12.6 Å². The average molecular weight is 250 g/mol. The van der Waals surface area contributed by atoms with Crippen LogP contribution < -0.4 is 0 Å². The van der Waals surface area contributed by atoms with E-state index in [1.54, 1.807) is 0 Å². The van der Waals surface area contributed by atoms with Gasteiger partial charge in [0.2, 0.25) is 0 Å². The molecule has 0 spiro atoms. The zero-order chi connectivity index (χ0) is 12.0. The number of thiazole rings is 1. The highest BCUT2D eigenvalue weighted by Gasteiger charge is 2.30. The van der Waals surface area contributed by atoms with Crippen LogP contribution >= 0.6 is 11.3 Å². The van der Waals surface area contributed by atoms with Crippen LogP contribution in [0.4, 0.5) is 0 Å². The third-order valence-electron chi connectivity index (χ3n) is 3.99. The molecule has 1 saturated carbocycles. The lowest BCUT2D eigenvalue weighted by molar-refractivity contribution is 0.114. The van der Waals surface area contributed by atoms with E-state index in [2.05, 4.69) is 25.7 Å². The van der Waals surface area contributed by atoms with Crippen LogP contribution in [-0.4, -0.2) is 22.5 Å². The topological polar surface area (TPSA) is 16.1 Å². The molecule has 3 heteroatoms. The molecule has 0 bridgehead atoms. The molecule has 1 aliphatic heterocycles. The normalized spacial score (nSPS) is 22.3. The summed E-state index contributed by atoms with van der Waals surface area (Å²) in [6.45, 7) is 9.18. The fraction of sp³-hybridized carbons (Fsp3) is 0.786. The summed E-state index contributed by atoms with van der Waals surface area (Å²) in [5.41, 5.74) is 1.60. The van der Waals surface area contributed by atoms with Crippen molar-refractivity contribution < 1.29 is 0 Å². The van der Waals surface area contributed by atoms with E-state index < -0.39 is 0 Å². The maximum atomic E-state index is 4.85. The van der Waals surface area contributed by atoms with E-state index in [0.29, 0.717) is 0 Å². The molecule has 0 N–H and O–H groups in total. The van der Waals surface area contributed by atoms with Gasteiger partial charge in [-0.3, -0.25) is 4.90 Å². The maximum absolute atomic E-state index is 4.85. The first-order valence-electron chi connectivity index (χ1n) is 6.77. The molecule has 0 saturated heterocycles. The maximum Gasteiger partial charge on any atom is 0.0985 e. The van der Waals surface area contributed by atoms with Crippen LogP contribution in [0.5, 0.6) is 0 Å². The summed E-state index contributed by atoms with van der Waals surface area (Å²) < 4.78 is 0. The Hall–Kier alpha value is -0.410. The molecule has 3 rings (SSSR count). The van der Waals surface area contributed by atoms with E-state index in [1.807, 2.05) is 11.3 Å². The summed E-state index contributed by atoms with van der Waals surface area (Å²) in [6.07, 6.45) is 5.43. The monoisotopic (exact) mass is 250 g/mol. The van der Waals surface area contributed by atoms with Crippen LogP contribution in [0.3, 0.4) is 0 Å². The molecule has 94 valence electrons. The van der Waals surface area contributed by atoms with Gasteiger partial charge in [0, 0.05) is 35.8 Å². The second-order valence-electron chi connectivity index (χ2n) is 6.44. The van der Waals surface area contributed by atoms with Gasteiger partial charge in [-0.2, -0.15) is 0 Å². The first-order valence-corrected chi connectivity index (χ1v) is 7.59. The third-order valence-corrected chi connectivity index (χ3v) is 5.50. The lowest BCUT2D eigenvalue weighted by atomic mass is 9.90. The van der Waals surface area contributed by atoms with Gasteiger partial charge in [-0.25, -0.2) is 4.98 Å². The van der Waals surface area contributed by atoms with E-state index in [-0.39, 0.29) is 5.41 Å². The molecule has 0 unspecified atom stereocenters. The van der Waals surface area contributed by atoms with Crippen molar-refractivity contribution in [2.45, 2.75) is 64.5 Å². The second-order valence-corrected chi connectivity index (χ2v) is 7.53. The van der Waals surface area contributed by atoms with Gasteiger partial charge in [-0.1, -0.05) is 27.2 Å². The van der Waals surface area contributed by atoms with Crippen molar-refractivity contribution >= 4 is 11.3 Å². The minimum atomic E-state index is 0.212. The SMILES string of the molecule is CC(C)(C)c1nc2c(s1)CN(C1CCC1)CC2. The number of aromatic nitrogens is 1. The van der Waals surface area contributed by atoms with Gasteiger partial charge in [-0.05, 0) is 12.8 Å². The predicted octanol–water partition coefficient (Wildman–Crippen LogP) is 3.35. The summed E-state index contributed by atoms with van der Waals surface area (Å²) in [6, 6.07) is 0.878. The first kappa shape index (κ1) is 11.7. The summed E-state index contributed by atoms with van der Waals surface area (Å²) in [7, 11) is 0. The molecule has 1 aliphatic carbocycles. The van der Waals surface area contributed by atoms with Crippen molar-refractivity contribution in [3.63, 3.8) is 0 Å². The third kappa shape index (κ3) is 2.15. The Kier molecular flexibility index (Phi) is 2.79. The Morgan fingerprint density at radius 1 is 1.29 bits per heavy atom. The zero-order valence-corrected chi connectivity index (χ0v) is 11.9. The van der Waals surface area contributed by atoms with E-state index in [4.69, 9.17) is 4.98 Å². The summed E-state index contributed by atoms with van der Waals surface area (Å²) in [5.74, 6) is 0. The van der Waals surface area contributed by atoms with Crippen molar-refractivity contribution in [3.05, 3.63) is 15.6 Å². The Bertz CT molecular complexity index is 412. The van der Waals surface area contributed by atoms with Crippen molar-refractivity contribution in [1.29, 1.82) is 0 Å². The van der Waals surface area contributed by atoms with Gasteiger partial charge in [0.1, 0.15) is 0 Å². The fourth-order valence-electron chi connectivity index (χ4n) is 2.60. The summed E-state index contributed by atoms with van der Waals surface area (Å²) >= 11 is 1.95. The quantitative estimate of drug-likeness (QED) is 0.760. The van der Waals surface area contributed by atoms with E-state index in [9.17, 15) is 0 Å². The minimum Gasteiger partial charge on any atom is -0.295 e. The van der Waals surface area contributed by atoms with Gasteiger partial charge in [0.25, 0.3) is 0 Å². The molecular formula is C14H22N2S. The Balaban J connectivity index is 1.80. The lowest BCUT2D eigenvalue weighted by Gasteiger charge is -2.39. The number of rotatable bonds is 1. The molecular weight excluding hydrogens is 228 g/mol. The van der Waals surface area contributed by atoms with Crippen LogP contribution in [0.1, 0.15) is 55.6 Å². The van der Waals surface area contributed by atoms with Gasteiger partial charge >= 0.3 is 0 Å². The van der Waals surface area contributed by atoms with Crippen LogP contribution in [0.2, 0.25) is 0 Å². The molecule has 2 nitrogen and oxygen atoms in total. The number of hydrogen-bond acceptors (Lipinski definition) is 3. The molecule has 0 amide bonds. The highest BCUT2D eigenvalue weighted by atomic mass is 32.1. The van der Waals surface area contributed by atoms with Crippen molar-refractivity contribution in [2.75, 3.05) is 6.54 Å². The van der Waals surface area contributed by atoms with Crippen molar-refractivity contribution in [1.82, 2.24) is 9.88 Å². The van der Waals surface area contributed by atoms with Crippen LogP contribution in [0.15, 0.2) is 0 Å². The number of fused-ring (bicyclic) bond motifs is 1. The highest BCUT2D eigenvalue weighted by molar-refractivity contribution is 7.11. The largest absolute Gasteiger partial charge is 0.295 e.